The molecule has 0 fully saturated rings. The molecule has 1 heterocycles. The van der Waals surface area contributed by atoms with Gasteiger partial charge >= 0.3 is 0 Å². The highest BCUT2D eigenvalue weighted by Gasteiger charge is 2.13. The predicted molar refractivity (Wildman–Crippen MR) is 65.6 cm³/mol. The number of ether oxygens (including phenoxy) is 1. The molecule has 0 aliphatic carbocycles. The summed E-state index contributed by atoms with van der Waals surface area (Å²) in [5.41, 5.74) is 0.862. The van der Waals surface area contributed by atoms with Crippen LogP contribution in [0.15, 0.2) is 22.0 Å². The molecule has 2 rings (SSSR count). The highest BCUT2D eigenvalue weighted by molar-refractivity contribution is 9.10. The summed E-state index contributed by atoms with van der Waals surface area (Å²) in [7, 11) is 0. The number of nitrogens with zero attached hydrogens (tertiary/aromatic N) is 1. The Morgan fingerprint density at radius 1 is 1.41 bits per heavy atom. The van der Waals surface area contributed by atoms with Crippen molar-refractivity contribution in [2.75, 3.05) is 0 Å². The van der Waals surface area contributed by atoms with Gasteiger partial charge in [-0.3, -0.25) is 0 Å². The van der Waals surface area contributed by atoms with E-state index >= 15 is 0 Å². The number of aromatic nitrogens is 1. The predicted octanol–water partition coefficient (Wildman–Crippen LogP) is 4.54. The van der Waals surface area contributed by atoms with Crippen LogP contribution in [0.3, 0.4) is 0 Å². The Bertz CT molecular complexity index is 544. The average molecular weight is 320 g/mol. The summed E-state index contributed by atoms with van der Waals surface area (Å²) in [4.78, 5) is 4.12. The first kappa shape index (κ1) is 12.4. The van der Waals surface area contributed by atoms with Gasteiger partial charge in [0.1, 0.15) is 0 Å². The lowest BCUT2D eigenvalue weighted by atomic mass is 10.3. The van der Waals surface area contributed by atoms with E-state index in [-0.39, 0.29) is 5.75 Å². The third-order valence-corrected chi connectivity index (χ3v) is 3.27. The molecule has 0 atom stereocenters. The molecular weight excluding hydrogens is 312 g/mol. The number of thiazole rings is 1. The quantitative estimate of drug-likeness (QED) is 0.775. The SMILES string of the molecule is CCc1csc(Oc2cc(Br)cc(F)c2F)n1. The van der Waals surface area contributed by atoms with E-state index in [9.17, 15) is 8.78 Å². The molecule has 90 valence electrons. The molecule has 0 saturated carbocycles. The molecule has 0 amide bonds. The second kappa shape index (κ2) is 5.10. The maximum absolute atomic E-state index is 13.4. The van der Waals surface area contributed by atoms with Crippen molar-refractivity contribution in [1.29, 1.82) is 0 Å². The minimum atomic E-state index is -1.01. The van der Waals surface area contributed by atoms with Gasteiger partial charge in [-0.1, -0.05) is 34.2 Å². The summed E-state index contributed by atoms with van der Waals surface area (Å²) in [5, 5.41) is 2.12. The van der Waals surface area contributed by atoms with Crippen molar-refractivity contribution >= 4 is 27.3 Å². The summed E-state index contributed by atoms with van der Waals surface area (Å²) in [6.07, 6.45) is 0.773. The molecule has 0 unspecified atom stereocenters. The summed E-state index contributed by atoms with van der Waals surface area (Å²) >= 11 is 4.33. The van der Waals surface area contributed by atoms with Crippen molar-refractivity contribution in [3.63, 3.8) is 0 Å². The Hall–Kier alpha value is -1.01. The van der Waals surface area contributed by atoms with Gasteiger partial charge in [0.05, 0.1) is 5.69 Å². The van der Waals surface area contributed by atoms with Gasteiger partial charge in [0.2, 0.25) is 5.82 Å². The molecule has 0 spiro atoms. The van der Waals surface area contributed by atoms with Crippen LogP contribution in [0.2, 0.25) is 0 Å². The van der Waals surface area contributed by atoms with Crippen LogP contribution in [-0.4, -0.2) is 4.98 Å². The van der Waals surface area contributed by atoms with Gasteiger partial charge in [0, 0.05) is 9.85 Å². The van der Waals surface area contributed by atoms with E-state index in [1.165, 1.54) is 17.4 Å². The fourth-order valence-corrected chi connectivity index (χ4v) is 2.37. The van der Waals surface area contributed by atoms with Crippen LogP contribution in [0, 0.1) is 11.6 Å². The first-order valence-electron chi connectivity index (χ1n) is 4.87. The van der Waals surface area contributed by atoms with Crippen LogP contribution in [0.5, 0.6) is 10.9 Å². The van der Waals surface area contributed by atoms with Gasteiger partial charge in [-0.15, -0.1) is 0 Å². The molecule has 6 heteroatoms. The Morgan fingerprint density at radius 2 is 2.18 bits per heavy atom. The maximum Gasteiger partial charge on any atom is 0.279 e. The van der Waals surface area contributed by atoms with E-state index in [1.54, 1.807) is 0 Å². The minimum absolute atomic E-state index is 0.172. The van der Waals surface area contributed by atoms with Crippen LogP contribution in [-0.2, 0) is 6.42 Å². The number of hydrogen-bond acceptors (Lipinski definition) is 3. The Morgan fingerprint density at radius 3 is 2.82 bits per heavy atom. The molecule has 1 aromatic carbocycles. The summed E-state index contributed by atoms with van der Waals surface area (Å²) in [5.74, 6) is -2.14. The number of benzene rings is 1. The van der Waals surface area contributed by atoms with Crippen LogP contribution >= 0.6 is 27.3 Å². The first-order valence-corrected chi connectivity index (χ1v) is 6.54. The number of rotatable bonds is 3. The smallest absolute Gasteiger partial charge is 0.279 e. The maximum atomic E-state index is 13.4. The number of aryl methyl sites for hydroxylation is 1. The van der Waals surface area contributed by atoms with Gasteiger partial charge < -0.3 is 4.74 Å². The average Bonchev–Trinajstić information content (AvgIpc) is 2.73. The molecule has 0 radical (unpaired) electrons. The fourth-order valence-electron chi connectivity index (χ4n) is 1.20. The van der Waals surface area contributed by atoms with Crippen molar-refractivity contribution in [2.24, 2.45) is 0 Å². The second-order valence-corrected chi connectivity index (χ2v) is 5.00. The molecule has 1 aromatic heterocycles. The van der Waals surface area contributed by atoms with E-state index in [0.717, 1.165) is 18.2 Å². The van der Waals surface area contributed by atoms with Gasteiger partial charge in [-0.2, -0.15) is 4.39 Å². The van der Waals surface area contributed by atoms with E-state index in [2.05, 4.69) is 20.9 Å². The summed E-state index contributed by atoms with van der Waals surface area (Å²) in [6, 6.07) is 2.41. The van der Waals surface area contributed by atoms with E-state index < -0.39 is 11.6 Å². The second-order valence-electron chi connectivity index (χ2n) is 3.26. The normalized spacial score (nSPS) is 10.6. The van der Waals surface area contributed by atoms with Gasteiger partial charge in [0.25, 0.3) is 5.19 Å². The Balaban J connectivity index is 2.29. The Kier molecular flexibility index (Phi) is 3.73. The fraction of sp³-hybridized carbons (Fsp3) is 0.182. The molecule has 0 aliphatic rings. The third kappa shape index (κ3) is 2.81. The van der Waals surface area contributed by atoms with Gasteiger partial charge in [0.15, 0.2) is 11.6 Å². The molecule has 0 aliphatic heterocycles. The van der Waals surface area contributed by atoms with Crippen molar-refractivity contribution < 1.29 is 13.5 Å². The lowest BCUT2D eigenvalue weighted by Crippen LogP contribution is -1.92. The first-order chi connectivity index (χ1) is 8.10. The van der Waals surface area contributed by atoms with Crippen LogP contribution in [0.25, 0.3) is 0 Å². The van der Waals surface area contributed by atoms with E-state index in [4.69, 9.17) is 4.74 Å². The highest BCUT2D eigenvalue weighted by atomic mass is 79.9. The van der Waals surface area contributed by atoms with Gasteiger partial charge in [-0.05, 0) is 18.6 Å². The van der Waals surface area contributed by atoms with Gasteiger partial charge in [-0.25, -0.2) is 9.37 Å². The molecule has 0 bridgehead atoms. The summed E-state index contributed by atoms with van der Waals surface area (Å²) in [6.45, 7) is 1.96. The third-order valence-electron chi connectivity index (χ3n) is 2.05. The number of hydrogen-bond donors (Lipinski definition) is 0. The topological polar surface area (TPSA) is 22.1 Å². The molecule has 17 heavy (non-hydrogen) atoms. The molecule has 2 aromatic rings. The minimum Gasteiger partial charge on any atom is -0.428 e. The van der Waals surface area contributed by atoms with Crippen molar-refractivity contribution in [1.82, 2.24) is 4.98 Å². The molecule has 0 N–H and O–H groups in total. The van der Waals surface area contributed by atoms with E-state index in [1.807, 2.05) is 12.3 Å². The zero-order chi connectivity index (χ0) is 12.4. The van der Waals surface area contributed by atoms with Crippen LogP contribution in [0.4, 0.5) is 8.78 Å². The highest BCUT2D eigenvalue weighted by Crippen LogP contribution is 2.31. The van der Waals surface area contributed by atoms with Crippen LogP contribution in [0.1, 0.15) is 12.6 Å². The lowest BCUT2D eigenvalue weighted by Gasteiger charge is -2.04. The lowest BCUT2D eigenvalue weighted by molar-refractivity contribution is 0.413. The van der Waals surface area contributed by atoms with Crippen molar-refractivity contribution in [3.05, 3.63) is 39.3 Å². The largest absolute Gasteiger partial charge is 0.428 e. The van der Waals surface area contributed by atoms with Crippen LogP contribution < -0.4 is 4.74 Å². The molecule has 0 saturated heterocycles. The molecular formula is C11H8BrF2NOS. The Labute approximate surface area is 109 Å². The van der Waals surface area contributed by atoms with E-state index in [0.29, 0.717) is 9.67 Å². The zero-order valence-electron chi connectivity index (χ0n) is 8.84. The summed E-state index contributed by atoms with van der Waals surface area (Å²) < 4.78 is 32.2. The number of halogens is 3. The molecule has 2 nitrogen and oxygen atoms in total. The van der Waals surface area contributed by atoms with Crippen molar-refractivity contribution in [3.8, 4) is 10.9 Å². The standard InChI is InChI=1S/C11H8BrF2NOS/c1-2-7-5-17-11(15-7)16-9-4-6(12)3-8(13)10(9)14/h3-5H,2H2,1H3. The van der Waals surface area contributed by atoms with Crippen molar-refractivity contribution in [2.45, 2.75) is 13.3 Å². The monoisotopic (exact) mass is 319 g/mol. The zero-order valence-corrected chi connectivity index (χ0v) is 11.2.